The summed E-state index contributed by atoms with van der Waals surface area (Å²) in [6.07, 6.45) is 0. The van der Waals surface area contributed by atoms with Gasteiger partial charge in [0.1, 0.15) is 5.58 Å². The van der Waals surface area contributed by atoms with Crippen molar-refractivity contribution < 1.29 is 4.42 Å². The van der Waals surface area contributed by atoms with Crippen LogP contribution in [0.1, 0.15) is 5.56 Å². The third kappa shape index (κ3) is 6.03. The van der Waals surface area contributed by atoms with Crippen LogP contribution in [0.15, 0.2) is 223 Å². The van der Waals surface area contributed by atoms with Gasteiger partial charge >= 0.3 is 0 Å². The molecule has 0 atom stereocenters. The lowest BCUT2D eigenvalue weighted by Gasteiger charge is -2.15. The summed E-state index contributed by atoms with van der Waals surface area (Å²) in [6.45, 7) is 2.18. The first-order valence-electron chi connectivity index (χ1n) is 23.9. The monoisotopic (exact) mass is 925 g/mol. The lowest BCUT2D eigenvalue weighted by molar-refractivity contribution is 0.666. The normalized spacial score (nSPS) is 12.0. The Balaban J connectivity index is 1.05. The van der Waals surface area contributed by atoms with Gasteiger partial charge in [-0.05, 0) is 96.4 Å². The summed E-state index contributed by atoms with van der Waals surface area (Å²) in [4.78, 5) is 15.6. The molecule has 5 aromatic heterocycles. The Hall–Kier alpha value is -9.17. The number of benzene rings is 10. The summed E-state index contributed by atoms with van der Waals surface area (Å²) in [6, 6.07) is 77.8. The first-order chi connectivity index (χ1) is 35.1. The Morgan fingerprint density at radius 1 is 0.380 bits per heavy atom. The zero-order valence-corrected chi connectivity index (χ0v) is 39.2. The maximum absolute atomic E-state index is 7.14. The van der Waals surface area contributed by atoms with Crippen molar-refractivity contribution in [3.8, 4) is 56.7 Å². The van der Waals surface area contributed by atoms with Crippen molar-refractivity contribution in [3.63, 3.8) is 0 Å². The predicted molar refractivity (Wildman–Crippen MR) is 295 cm³/mol. The van der Waals surface area contributed by atoms with Gasteiger partial charge in [-0.3, -0.25) is 0 Å². The quantitative estimate of drug-likeness (QED) is 0.167. The number of fused-ring (bicyclic) bond motifs is 13. The second-order valence-corrected chi connectivity index (χ2v) is 19.4. The Morgan fingerprint density at radius 2 is 0.915 bits per heavy atom. The fourth-order valence-electron chi connectivity index (χ4n) is 11.2. The van der Waals surface area contributed by atoms with E-state index in [1.165, 1.54) is 41.9 Å². The molecule has 0 saturated carbocycles. The van der Waals surface area contributed by atoms with Crippen LogP contribution in [0.4, 0.5) is 0 Å². The lowest BCUT2D eigenvalue weighted by Crippen LogP contribution is -2.03. The van der Waals surface area contributed by atoms with Crippen LogP contribution >= 0.6 is 11.3 Å². The van der Waals surface area contributed by atoms with Crippen molar-refractivity contribution in [2.24, 2.45) is 0 Å². The minimum absolute atomic E-state index is 0.593. The van der Waals surface area contributed by atoms with Gasteiger partial charge in [0.15, 0.2) is 23.1 Å². The van der Waals surface area contributed by atoms with Gasteiger partial charge in [0.05, 0.1) is 27.8 Å². The number of thiophene rings is 1. The van der Waals surface area contributed by atoms with Crippen molar-refractivity contribution in [1.82, 2.24) is 24.1 Å². The molecule has 7 heteroatoms. The molecule has 0 amide bonds. The molecule has 0 spiro atoms. The maximum atomic E-state index is 7.14. The van der Waals surface area contributed by atoms with E-state index in [4.69, 9.17) is 19.4 Å². The molecule has 0 fully saturated rings. The summed E-state index contributed by atoms with van der Waals surface area (Å²) in [7, 11) is 0. The van der Waals surface area contributed by atoms with Gasteiger partial charge in [-0.15, -0.1) is 11.3 Å². The van der Waals surface area contributed by atoms with Crippen LogP contribution in [-0.2, 0) is 0 Å². The van der Waals surface area contributed by atoms with E-state index in [-0.39, 0.29) is 0 Å². The molecule has 15 aromatic rings. The van der Waals surface area contributed by atoms with Crippen LogP contribution < -0.4 is 0 Å². The highest BCUT2D eigenvalue weighted by Gasteiger charge is 2.27. The number of furan rings is 1. The Kier molecular flexibility index (Phi) is 8.64. The molecule has 332 valence electrons. The van der Waals surface area contributed by atoms with Gasteiger partial charge in [0.25, 0.3) is 0 Å². The van der Waals surface area contributed by atoms with E-state index < -0.39 is 0 Å². The second-order valence-electron chi connectivity index (χ2n) is 18.3. The van der Waals surface area contributed by atoms with Gasteiger partial charge in [-0.2, -0.15) is 0 Å². The Morgan fingerprint density at radius 3 is 1.66 bits per heavy atom. The smallest absolute Gasteiger partial charge is 0.165 e. The number of rotatable bonds is 6. The predicted octanol–water partition coefficient (Wildman–Crippen LogP) is 17.3. The first-order valence-corrected chi connectivity index (χ1v) is 24.7. The van der Waals surface area contributed by atoms with Crippen LogP contribution in [-0.4, -0.2) is 24.1 Å². The molecule has 0 aliphatic carbocycles. The molecule has 0 N–H and O–H groups in total. The molecule has 0 unspecified atom stereocenters. The van der Waals surface area contributed by atoms with Crippen LogP contribution in [0.2, 0.25) is 0 Å². The first kappa shape index (κ1) is 39.8. The highest BCUT2D eigenvalue weighted by Crippen LogP contribution is 2.48. The van der Waals surface area contributed by atoms with E-state index in [1.54, 1.807) is 0 Å². The number of para-hydroxylation sites is 3. The lowest BCUT2D eigenvalue weighted by atomic mass is 9.98. The highest BCUT2D eigenvalue weighted by atomic mass is 32.1. The fraction of sp³-hybridized carbons (Fsp3) is 0.0156. The van der Waals surface area contributed by atoms with Crippen LogP contribution in [0.3, 0.4) is 0 Å². The SMILES string of the molecule is Cc1cc(-n2c3ccc(-c4ccc5sc6ccccc6c5c4)cc3c3c4c5ccccc5n(-c5ccccc5)c4ccc32)c2oc3ccccc3c2c1-c1nc(-c2ccccc2)nc(-c2ccccc2)n1. The average Bonchev–Trinajstić information content (AvgIpc) is 4.19. The van der Waals surface area contributed by atoms with Gasteiger partial charge in [-0.1, -0.05) is 146 Å². The topological polar surface area (TPSA) is 61.7 Å². The molecule has 0 aliphatic heterocycles. The maximum Gasteiger partial charge on any atom is 0.165 e. The van der Waals surface area contributed by atoms with Crippen LogP contribution in [0.5, 0.6) is 0 Å². The minimum atomic E-state index is 0.593. The minimum Gasteiger partial charge on any atom is -0.454 e. The van der Waals surface area contributed by atoms with Crippen molar-refractivity contribution in [2.45, 2.75) is 6.92 Å². The summed E-state index contributed by atoms with van der Waals surface area (Å²) in [5, 5.41) is 9.30. The van der Waals surface area contributed by atoms with Gasteiger partial charge in [0.2, 0.25) is 0 Å². The molecule has 71 heavy (non-hydrogen) atoms. The molecule has 0 saturated heterocycles. The van der Waals surface area contributed by atoms with Crippen molar-refractivity contribution in [1.29, 1.82) is 0 Å². The third-order valence-electron chi connectivity index (χ3n) is 14.3. The molecular weight excluding hydrogens is 887 g/mol. The van der Waals surface area contributed by atoms with Crippen LogP contribution in [0, 0.1) is 6.92 Å². The molecular formula is C64H39N5OS. The van der Waals surface area contributed by atoms with Crippen LogP contribution in [0.25, 0.3) is 142 Å². The number of hydrogen-bond acceptors (Lipinski definition) is 5. The standard InChI is InChI=1S/C64H39N5OS/c1-38-35-53(61-60(46-25-12-15-27-54(46)70-61)57(38)64-66-62(39-17-5-2-6-18-39)65-63(67-64)40-19-7-3-8-20-40)69-50-31-29-41(42-30-34-56-47(36-42)44-23-13-16-28-55(44)71-56)37-48(50)59-52(69)33-32-51-58(59)45-24-11-14-26-49(45)68(51)43-21-9-4-10-22-43/h2-37H,1H3. The zero-order chi connectivity index (χ0) is 46.7. The van der Waals surface area contributed by atoms with E-state index in [0.717, 1.165) is 88.6 Å². The third-order valence-corrected chi connectivity index (χ3v) is 15.4. The number of aryl methyl sites for hydroxylation is 1. The van der Waals surface area contributed by atoms with Crippen molar-refractivity contribution in [3.05, 3.63) is 224 Å². The Bertz CT molecular complexity index is 4580. The van der Waals surface area contributed by atoms with Crippen molar-refractivity contribution >= 4 is 97.1 Å². The van der Waals surface area contributed by atoms with E-state index in [1.807, 2.05) is 53.8 Å². The molecule has 15 rings (SSSR count). The fourth-order valence-corrected chi connectivity index (χ4v) is 12.2. The largest absolute Gasteiger partial charge is 0.454 e. The number of nitrogens with zero attached hydrogens (tertiary/aromatic N) is 5. The van der Waals surface area contributed by atoms with E-state index in [0.29, 0.717) is 17.5 Å². The average molecular weight is 926 g/mol. The molecule has 10 aromatic carbocycles. The molecule has 0 radical (unpaired) electrons. The van der Waals surface area contributed by atoms with E-state index in [9.17, 15) is 0 Å². The Labute approximate surface area is 411 Å². The zero-order valence-electron chi connectivity index (χ0n) is 38.3. The summed E-state index contributed by atoms with van der Waals surface area (Å²) < 4.78 is 14.6. The number of aromatic nitrogens is 5. The highest BCUT2D eigenvalue weighted by molar-refractivity contribution is 7.25. The summed E-state index contributed by atoms with van der Waals surface area (Å²) in [5.74, 6) is 1.82. The van der Waals surface area contributed by atoms with Crippen molar-refractivity contribution in [2.75, 3.05) is 0 Å². The molecule has 5 heterocycles. The second kappa shape index (κ2) is 15.4. The molecule has 0 bridgehead atoms. The van der Waals surface area contributed by atoms with E-state index >= 15 is 0 Å². The summed E-state index contributed by atoms with van der Waals surface area (Å²) >= 11 is 1.85. The van der Waals surface area contributed by atoms with Gasteiger partial charge in [0, 0.05) is 74.9 Å². The number of hydrogen-bond donors (Lipinski definition) is 0. The molecule has 6 nitrogen and oxygen atoms in total. The van der Waals surface area contributed by atoms with E-state index in [2.05, 4.69) is 192 Å². The van der Waals surface area contributed by atoms with Gasteiger partial charge in [-0.25, -0.2) is 15.0 Å². The van der Waals surface area contributed by atoms with Gasteiger partial charge < -0.3 is 13.6 Å². The summed E-state index contributed by atoms with van der Waals surface area (Å²) in [5.41, 5.74) is 14.2. The molecule has 0 aliphatic rings.